The molecule has 23 heavy (non-hydrogen) atoms. The van der Waals surface area contributed by atoms with E-state index in [9.17, 15) is 15.3 Å². The molecule has 9 heteroatoms. The van der Waals surface area contributed by atoms with Crippen molar-refractivity contribution < 1.29 is 29.9 Å². The average Bonchev–Trinajstić information content (AvgIpc) is 2.57. The Labute approximate surface area is 132 Å². The third kappa shape index (κ3) is 4.32. The molecule has 0 saturated carbocycles. The van der Waals surface area contributed by atoms with E-state index in [1.165, 1.54) is 0 Å². The number of ether oxygens (including phenoxy) is 2. The summed E-state index contributed by atoms with van der Waals surface area (Å²) in [6.45, 7) is -0.160. The van der Waals surface area contributed by atoms with Crippen molar-refractivity contribution in [3.05, 3.63) is 40.3 Å². The van der Waals surface area contributed by atoms with Crippen LogP contribution in [-0.4, -0.2) is 64.3 Å². The van der Waals surface area contributed by atoms with Gasteiger partial charge in [-0.15, -0.1) is 0 Å². The predicted molar refractivity (Wildman–Crippen MR) is 78.6 cm³/mol. The number of benzene rings is 1. The van der Waals surface area contributed by atoms with Gasteiger partial charge in [-0.25, -0.2) is 0 Å². The summed E-state index contributed by atoms with van der Waals surface area (Å²) >= 11 is 0. The van der Waals surface area contributed by atoms with Crippen LogP contribution in [0.2, 0.25) is 0 Å². The minimum absolute atomic E-state index is 0.351. The topological polar surface area (TPSA) is 148 Å². The summed E-state index contributed by atoms with van der Waals surface area (Å²) in [5.74, 6) is 0.391. The Bertz CT molecular complexity index is 546. The summed E-state index contributed by atoms with van der Waals surface area (Å²) < 4.78 is 10.7. The van der Waals surface area contributed by atoms with Crippen LogP contribution < -0.4 is 4.74 Å². The molecule has 4 N–H and O–H groups in total. The second-order valence-corrected chi connectivity index (χ2v) is 5.16. The lowest BCUT2D eigenvalue weighted by molar-refractivity contribution is -0.277. The summed E-state index contributed by atoms with van der Waals surface area (Å²) in [7, 11) is 0. The first-order chi connectivity index (χ1) is 11.1. The smallest absolute Gasteiger partial charge is 0.229 e. The van der Waals surface area contributed by atoms with E-state index < -0.39 is 37.3 Å². The number of nitrogens with zero attached hydrogens (tertiary/aromatic N) is 3. The van der Waals surface area contributed by atoms with E-state index in [1.54, 1.807) is 24.3 Å². The lowest BCUT2D eigenvalue weighted by Crippen LogP contribution is -2.60. The fourth-order valence-electron chi connectivity index (χ4n) is 2.26. The van der Waals surface area contributed by atoms with Gasteiger partial charge in [0, 0.05) is 11.5 Å². The highest BCUT2D eigenvalue weighted by Gasteiger charge is 2.44. The molecule has 1 heterocycles. The highest BCUT2D eigenvalue weighted by atomic mass is 16.7. The molecular formula is C14H19N3O6. The standard InChI is InChI=1S/C14H19N3O6/c15-17-16-6-5-8-1-3-9(4-2-8)22-14-13(21)12(20)11(19)10(7-18)23-14/h1-4,10-14,18-21H,5-7H2/t10-,11+,12+,13-,14-/m1/s1. The Balaban J connectivity index is 1.99. The van der Waals surface area contributed by atoms with E-state index in [0.29, 0.717) is 18.7 Å². The lowest BCUT2D eigenvalue weighted by atomic mass is 9.99. The first-order valence-electron chi connectivity index (χ1n) is 7.13. The normalized spacial score (nSPS) is 30.5. The van der Waals surface area contributed by atoms with Gasteiger partial charge < -0.3 is 29.9 Å². The number of hydrogen-bond donors (Lipinski definition) is 4. The van der Waals surface area contributed by atoms with Crippen LogP contribution in [0.3, 0.4) is 0 Å². The van der Waals surface area contributed by atoms with Gasteiger partial charge in [-0.3, -0.25) is 0 Å². The van der Waals surface area contributed by atoms with E-state index in [4.69, 9.17) is 20.1 Å². The van der Waals surface area contributed by atoms with Crippen molar-refractivity contribution in [2.75, 3.05) is 13.2 Å². The number of hydrogen-bond acceptors (Lipinski definition) is 7. The Morgan fingerprint density at radius 2 is 1.83 bits per heavy atom. The molecule has 0 radical (unpaired) electrons. The predicted octanol–water partition coefficient (Wildman–Crippen LogP) is -0.282. The van der Waals surface area contributed by atoms with Crippen LogP contribution in [0.1, 0.15) is 5.56 Å². The van der Waals surface area contributed by atoms with Crippen molar-refractivity contribution in [1.82, 2.24) is 0 Å². The maximum Gasteiger partial charge on any atom is 0.229 e. The van der Waals surface area contributed by atoms with Crippen LogP contribution in [0.25, 0.3) is 10.4 Å². The summed E-state index contributed by atoms with van der Waals surface area (Å²) in [6, 6.07) is 6.83. The first kappa shape index (κ1) is 17.5. The maximum atomic E-state index is 9.89. The molecule has 5 atom stereocenters. The number of rotatable bonds is 6. The zero-order chi connectivity index (χ0) is 16.8. The summed E-state index contributed by atoms with van der Waals surface area (Å²) in [5.41, 5.74) is 9.17. The molecule has 0 spiro atoms. The van der Waals surface area contributed by atoms with Gasteiger partial charge in [0.25, 0.3) is 0 Å². The van der Waals surface area contributed by atoms with E-state index >= 15 is 0 Å². The molecule has 0 aliphatic carbocycles. The van der Waals surface area contributed by atoms with Crippen LogP contribution in [0.15, 0.2) is 29.4 Å². The van der Waals surface area contributed by atoms with Gasteiger partial charge in [0.15, 0.2) is 0 Å². The number of azide groups is 1. The Hall–Kier alpha value is -1.87. The highest BCUT2D eigenvalue weighted by molar-refractivity contribution is 5.27. The van der Waals surface area contributed by atoms with Crippen LogP contribution in [0.4, 0.5) is 0 Å². The van der Waals surface area contributed by atoms with E-state index in [2.05, 4.69) is 10.0 Å². The van der Waals surface area contributed by atoms with Crippen molar-refractivity contribution in [2.24, 2.45) is 5.11 Å². The minimum Gasteiger partial charge on any atom is -0.462 e. The van der Waals surface area contributed by atoms with Gasteiger partial charge in [-0.1, -0.05) is 17.2 Å². The molecule has 1 aromatic carbocycles. The largest absolute Gasteiger partial charge is 0.462 e. The molecule has 9 nitrogen and oxygen atoms in total. The molecule has 126 valence electrons. The zero-order valence-corrected chi connectivity index (χ0v) is 12.3. The highest BCUT2D eigenvalue weighted by Crippen LogP contribution is 2.24. The van der Waals surface area contributed by atoms with Crippen molar-refractivity contribution in [2.45, 2.75) is 37.1 Å². The van der Waals surface area contributed by atoms with Crippen molar-refractivity contribution >= 4 is 0 Å². The van der Waals surface area contributed by atoms with Crippen LogP contribution in [0, 0.1) is 0 Å². The quantitative estimate of drug-likeness (QED) is 0.321. The fourth-order valence-corrected chi connectivity index (χ4v) is 2.26. The summed E-state index contributed by atoms with van der Waals surface area (Å²) in [6.07, 6.45) is -5.98. The van der Waals surface area contributed by atoms with Gasteiger partial charge in [-0.2, -0.15) is 0 Å². The molecule has 0 unspecified atom stereocenters. The number of aliphatic hydroxyl groups is 4. The molecule has 0 bridgehead atoms. The van der Waals surface area contributed by atoms with Gasteiger partial charge >= 0.3 is 0 Å². The van der Waals surface area contributed by atoms with E-state index in [0.717, 1.165) is 5.56 Å². The second kappa shape index (κ2) is 8.11. The average molecular weight is 325 g/mol. The third-order valence-corrected chi connectivity index (χ3v) is 3.59. The Morgan fingerprint density at radius 3 is 2.43 bits per heavy atom. The van der Waals surface area contributed by atoms with Crippen molar-refractivity contribution in [3.8, 4) is 5.75 Å². The molecular weight excluding hydrogens is 306 g/mol. The SMILES string of the molecule is [N-]=[N+]=NCCc1ccc(O[C@@H]2O[C@H](CO)[C@H](O)[C@H](O)[C@H]2O)cc1. The monoisotopic (exact) mass is 325 g/mol. The molecule has 1 fully saturated rings. The fraction of sp³-hybridized carbons (Fsp3) is 0.571. The maximum absolute atomic E-state index is 9.89. The molecule has 1 aliphatic rings. The summed E-state index contributed by atoms with van der Waals surface area (Å²) in [5, 5.41) is 41.9. The van der Waals surface area contributed by atoms with Gasteiger partial charge in [0.05, 0.1) is 6.61 Å². The lowest BCUT2D eigenvalue weighted by Gasteiger charge is -2.39. The van der Waals surface area contributed by atoms with Crippen LogP contribution >= 0.6 is 0 Å². The van der Waals surface area contributed by atoms with E-state index in [1.807, 2.05) is 0 Å². The number of aliphatic hydroxyl groups excluding tert-OH is 4. The van der Waals surface area contributed by atoms with E-state index in [-0.39, 0.29) is 0 Å². The van der Waals surface area contributed by atoms with Crippen molar-refractivity contribution in [3.63, 3.8) is 0 Å². The van der Waals surface area contributed by atoms with Gasteiger partial charge in [0.1, 0.15) is 30.2 Å². The molecule has 1 aromatic rings. The Morgan fingerprint density at radius 1 is 1.13 bits per heavy atom. The zero-order valence-electron chi connectivity index (χ0n) is 12.3. The van der Waals surface area contributed by atoms with Crippen LogP contribution in [-0.2, 0) is 11.2 Å². The minimum atomic E-state index is -1.48. The molecule has 1 saturated heterocycles. The Kier molecular flexibility index (Phi) is 6.17. The summed E-state index contributed by atoms with van der Waals surface area (Å²) in [4.78, 5) is 2.67. The third-order valence-electron chi connectivity index (χ3n) is 3.59. The molecule has 1 aliphatic heterocycles. The van der Waals surface area contributed by atoms with Gasteiger partial charge in [-0.05, 0) is 29.6 Å². The van der Waals surface area contributed by atoms with Crippen molar-refractivity contribution in [1.29, 1.82) is 0 Å². The second-order valence-electron chi connectivity index (χ2n) is 5.16. The molecule has 0 amide bonds. The molecule has 2 rings (SSSR count). The first-order valence-corrected chi connectivity index (χ1v) is 7.13. The van der Waals surface area contributed by atoms with Gasteiger partial charge in [0.2, 0.25) is 6.29 Å². The molecule has 0 aromatic heterocycles. The van der Waals surface area contributed by atoms with Crippen LogP contribution in [0.5, 0.6) is 5.75 Å².